The molecule has 0 atom stereocenters. The number of carbonyl (C=O) groups is 1. The zero-order chi connectivity index (χ0) is 18.3. The van der Waals surface area contributed by atoms with Gasteiger partial charge in [0.25, 0.3) is 5.56 Å². The minimum Gasteiger partial charge on any atom is -0.465 e. The molecule has 4 nitrogen and oxygen atoms in total. The first-order valence-electron chi connectivity index (χ1n) is 7.95. The Morgan fingerprint density at radius 1 is 1.15 bits per heavy atom. The van der Waals surface area contributed by atoms with E-state index in [9.17, 15) is 9.59 Å². The summed E-state index contributed by atoms with van der Waals surface area (Å²) in [6, 6.07) is 14.6. The number of benzene rings is 2. The number of halogens is 1. The number of thiophene rings is 1. The predicted molar refractivity (Wildman–Crippen MR) is 105 cm³/mol. The molecule has 2 aromatic carbocycles. The van der Waals surface area contributed by atoms with Crippen LogP contribution in [0.2, 0.25) is 5.02 Å². The largest absolute Gasteiger partial charge is 0.465 e. The van der Waals surface area contributed by atoms with Crippen LogP contribution in [-0.4, -0.2) is 17.6 Å². The molecule has 2 aromatic heterocycles. The highest BCUT2D eigenvalue weighted by atomic mass is 35.5. The van der Waals surface area contributed by atoms with Crippen LogP contribution >= 0.6 is 22.9 Å². The molecule has 0 unspecified atom stereocenters. The molecule has 0 amide bonds. The molecule has 2 heterocycles. The number of aromatic nitrogens is 1. The topological polar surface area (TPSA) is 48.3 Å². The molecule has 0 bridgehead atoms. The van der Waals surface area contributed by atoms with E-state index in [2.05, 4.69) is 0 Å². The average Bonchev–Trinajstić information content (AvgIpc) is 3.14. The Hall–Kier alpha value is -2.63. The Bertz CT molecular complexity index is 1210. The van der Waals surface area contributed by atoms with Crippen LogP contribution in [0.3, 0.4) is 0 Å². The fourth-order valence-corrected chi connectivity index (χ4v) is 4.32. The van der Waals surface area contributed by atoms with E-state index in [1.165, 1.54) is 18.4 Å². The van der Waals surface area contributed by atoms with Crippen molar-refractivity contribution >= 4 is 49.9 Å². The number of methoxy groups -OCH3 is 1. The molecule has 0 N–H and O–H groups in total. The predicted octanol–water partition coefficient (Wildman–Crippen LogP) is 4.70. The lowest BCUT2D eigenvalue weighted by atomic mass is 10.1. The number of para-hydroxylation sites is 1. The van der Waals surface area contributed by atoms with Gasteiger partial charge in [-0.2, -0.15) is 0 Å². The zero-order valence-corrected chi connectivity index (χ0v) is 15.4. The molecule has 4 rings (SSSR count). The molecule has 130 valence electrons. The van der Waals surface area contributed by atoms with Gasteiger partial charge in [0.05, 0.1) is 30.1 Å². The maximum absolute atomic E-state index is 13.1. The van der Waals surface area contributed by atoms with E-state index in [1.54, 1.807) is 16.7 Å². The Balaban J connectivity index is 2.09. The van der Waals surface area contributed by atoms with Crippen LogP contribution in [0.1, 0.15) is 15.9 Å². The first kappa shape index (κ1) is 16.8. The molecule has 0 saturated heterocycles. The van der Waals surface area contributed by atoms with Crippen molar-refractivity contribution in [3.05, 3.63) is 80.4 Å². The minimum atomic E-state index is -0.467. The number of hydrogen-bond donors (Lipinski definition) is 0. The molecule has 26 heavy (non-hydrogen) atoms. The molecule has 0 aliphatic heterocycles. The summed E-state index contributed by atoms with van der Waals surface area (Å²) >= 11 is 7.58. The summed E-state index contributed by atoms with van der Waals surface area (Å²) in [5.41, 5.74) is 1.71. The van der Waals surface area contributed by atoms with Gasteiger partial charge in [0.15, 0.2) is 0 Å². The van der Waals surface area contributed by atoms with Crippen LogP contribution in [0.15, 0.2) is 58.7 Å². The highest BCUT2D eigenvalue weighted by Gasteiger charge is 2.19. The molecule has 0 fully saturated rings. The molecular formula is C20H14ClNO3S. The lowest BCUT2D eigenvalue weighted by molar-refractivity contribution is 0.0602. The Kier molecular flexibility index (Phi) is 4.26. The average molecular weight is 384 g/mol. The summed E-state index contributed by atoms with van der Waals surface area (Å²) in [6.07, 6.45) is 0. The smallest absolute Gasteiger partial charge is 0.340 e. The van der Waals surface area contributed by atoms with Crippen molar-refractivity contribution in [1.29, 1.82) is 0 Å². The van der Waals surface area contributed by atoms with Crippen molar-refractivity contribution in [1.82, 2.24) is 4.57 Å². The molecule has 4 aromatic rings. The maximum atomic E-state index is 13.1. The fraction of sp³-hybridized carbons (Fsp3) is 0.100. The normalized spacial score (nSPS) is 11.2. The number of nitrogens with zero attached hydrogens (tertiary/aromatic N) is 1. The van der Waals surface area contributed by atoms with Crippen molar-refractivity contribution < 1.29 is 9.53 Å². The molecule has 0 saturated carbocycles. The van der Waals surface area contributed by atoms with Gasteiger partial charge in [-0.15, -0.1) is 11.3 Å². The van der Waals surface area contributed by atoms with Crippen LogP contribution < -0.4 is 5.56 Å². The SMILES string of the molecule is COC(=O)c1cccc2c3sccc3c(=O)n(Cc3cccc(Cl)c3)c12. The van der Waals surface area contributed by atoms with Gasteiger partial charge < -0.3 is 9.30 Å². The third kappa shape index (κ3) is 2.69. The lowest BCUT2D eigenvalue weighted by Gasteiger charge is -2.14. The molecule has 6 heteroatoms. The second-order valence-corrected chi connectivity index (χ2v) is 7.23. The van der Waals surface area contributed by atoms with Crippen molar-refractivity contribution in [3.63, 3.8) is 0 Å². The van der Waals surface area contributed by atoms with E-state index in [0.29, 0.717) is 28.0 Å². The minimum absolute atomic E-state index is 0.134. The quantitative estimate of drug-likeness (QED) is 0.481. The van der Waals surface area contributed by atoms with E-state index in [-0.39, 0.29) is 5.56 Å². The number of fused-ring (bicyclic) bond motifs is 3. The van der Waals surface area contributed by atoms with Gasteiger partial charge in [0.2, 0.25) is 0 Å². The molecule has 0 radical (unpaired) electrons. The Morgan fingerprint density at radius 2 is 1.96 bits per heavy atom. The van der Waals surface area contributed by atoms with Crippen LogP contribution in [0.25, 0.3) is 21.0 Å². The number of pyridine rings is 1. The summed E-state index contributed by atoms with van der Waals surface area (Å²) in [4.78, 5) is 25.5. The van der Waals surface area contributed by atoms with Crippen molar-refractivity contribution in [2.24, 2.45) is 0 Å². The van der Waals surface area contributed by atoms with E-state index < -0.39 is 5.97 Å². The molecule has 0 aliphatic rings. The van der Waals surface area contributed by atoms with Crippen molar-refractivity contribution in [2.75, 3.05) is 7.11 Å². The highest BCUT2D eigenvalue weighted by Crippen LogP contribution is 2.30. The van der Waals surface area contributed by atoms with E-state index in [1.807, 2.05) is 41.8 Å². The molecule has 0 aliphatic carbocycles. The summed E-state index contributed by atoms with van der Waals surface area (Å²) in [6.45, 7) is 0.315. The first-order chi connectivity index (χ1) is 12.6. The van der Waals surface area contributed by atoms with E-state index >= 15 is 0 Å². The Morgan fingerprint density at radius 3 is 2.73 bits per heavy atom. The van der Waals surface area contributed by atoms with Crippen LogP contribution in [0.5, 0.6) is 0 Å². The third-order valence-electron chi connectivity index (χ3n) is 4.33. The van der Waals surface area contributed by atoms with Gasteiger partial charge >= 0.3 is 5.97 Å². The van der Waals surface area contributed by atoms with Gasteiger partial charge in [-0.05, 0) is 35.2 Å². The van der Waals surface area contributed by atoms with Gasteiger partial charge in [-0.25, -0.2) is 4.79 Å². The summed E-state index contributed by atoms with van der Waals surface area (Å²) in [5.74, 6) is -0.467. The Labute approximate surface area is 158 Å². The second kappa shape index (κ2) is 6.59. The zero-order valence-electron chi connectivity index (χ0n) is 13.9. The summed E-state index contributed by atoms with van der Waals surface area (Å²) < 4.78 is 7.43. The summed E-state index contributed by atoms with van der Waals surface area (Å²) in [7, 11) is 1.34. The van der Waals surface area contributed by atoms with Crippen LogP contribution in [-0.2, 0) is 11.3 Å². The molecule has 0 spiro atoms. The van der Waals surface area contributed by atoms with Crippen molar-refractivity contribution in [3.8, 4) is 0 Å². The standard InChI is InChI=1S/C20H14ClNO3S/c1-25-20(24)15-7-3-6-14-17(15)22(11-12-4-2-5-13(21)10-12)19(23)16-8-9-26-18(14)16/h2-10H,11H2,1H3. The maximum Gasteiger partial charge on any atom is 0.340 e. The highest BCUT2D eigenvalue weighted by molar-refractivity contribution is 7.18. The summed E-state index contributed by atoms with van der Waals surface area (Å²) in [5, 5.41) is 4.00. The van der Waals surface area contributed by atoms with Gasteiger partial charge in [-0.3, -0.25) is 4.79 Å². The van der Waals surface area contributed by atoms with E-state index in [4.69, 9.17) is 16.3 Å². The first-order valence-corrected chi connectivity index (χ1v) is 9.21. The fourth-order valence-electron chi connectivity index (χ4n) is 3.19. The van der Waals surface area contributed by atoms with E-state index in [0.717, 1.165) is 15.6 Å². The monoisotopic (exact) mass is 383 g/mol. The number of hydrogen-bond acceptors (Lipinski definition) is 4. The second-order valence-electron chi connectivity index (χ2n) is 5.88. The van der Waals surface area contributed by atoms with Crippen LogP contribution in [0.4, 0.5) is 0 Å². The van der Waals surface area contributed by atoms with Gasteiger partial charge in [0.1, 0.15) is 0 Å². The van der Waals surface area contributed by atoms with Gasteiger partial charge in [0, 0.05) is 15.1 Å². The van der Waals surface area contributed by atoms with Crippen molar-refractivity contribution in [2.45, 2.75) is 6.54 Å². The van der Waals surface area contributed by atoms with Crippen LogP contribution in [0, 0.1) is 0 Å². The number of esters is 1. The third-order valence-corrected chi connectivity index (χ3v) is 5.51. The number of ether oxygens (including phenoxy) is 1. The number of rotatable bonds is 3. The number of carbonyl (C=O) groups excluding carboxylic acids is 1. The molecular weight excluding hydrogens is 370 g/mol. The van der Waals surface area contributed by atoms with Gasteiger partial charge in [-0.1, -0.05) is 35.9 Å². The lowest BCUT2D eigenvalue weighted by Crippen LogP contribution is -2.23.